The molecule has 0 bridgehead atoms. The molecular weight excluding hydrogens is 196 g/mol. The SMILES string of the molecule is c1ccc(NN2CC2c2ccccc2)cc1. The molecule has 2 atom stereocenters. The van der Waals surface area contributed by atoms with Crippen LogP contribution in [0.5, 0.6) is 0 Å². The van der Waals surface area contributed by atoms with Crippen LogP contribution in [-0.2, 0) is 0 Å². The lowest BCUT2D eigenvalue weighted by molar-refractivity contribution is 0.617. The van der Waals surface area contributed by atoms with E-state index in [4.69, 9.17) is 0 Å². The van der Waals surface area contributed by atoms with Crippen molar-refractivity contribution in [1.29, 1.82) is 0 Å². The molecule has 0 amide bonds. The predicted molar refractivity (Wildman–Crippen MR) is 66.0 cm³/mol. The van der Waals surface area contributed by atoms with Gasteiger partial charge in [-0.1, -0.05) is 48.5 Å². The second-order valence-electron chi connectivity index (χ2n) is 4.06. The molecule has 80 valence electrons. The highest BCUT2D eigenvalue weighted by molar-refractivity contribution is 5.43. The van der Waals surface area contributed by atoms with Gasteiger partial charge >= 0.3 is 0 Å². The Kier molecular flexibility index (Phi) is 2.35. The molecule has 1 heterocycles. The van der Waals surface area contributed by atoms with Crippen molar-refractivity contribution in [3.8, 4) is 0 Å². The van der Waals surface area contributed by atoms with Gasteiger partial charge in [0, 0.05) is 12.2 Å². The number of rotatable bonds is 3. The summed E-state index contributed by atoms with van der Waals surface area (Å²) in [7, 11) is 0. The first-order valence-corrected chi connectivity index (χ1v) is 5.57. The van der Waals surface area contributed by atoms with Gasteiger partial charge in [-0.25, -0.2) is 5.01 Å². The summed E-state index contributed by atoms with van der Waals surface area (Å²) in [6, 6.07) is 21.4. The van der Waals surface area contributed by atoms with Crippen LogP contribution in [0.25, 0.3) is 0 Å². The van der Waals surface area contributed by atoms with Gasteiger partial charge in [-0.3, -0.25) is 0 Å². The molecule has 2 aromatic carbocycles. The first-order chi connectivity index (χ1) is 7.93. The normalized spacial score (nSPS) is 22.8. The Labute approximate surface area is 95.5 Å². The molecule has 1 aliphatic heterocycles. The van der Waals surface area contributed by atoms with Gasteiger partial charge in [0.05, 0.1) is 6.04 Å². The molecule has 1 fully saturated rings. The summed E-state index contributed by atoms with van der Waals surface area (Å²) in [5, 5.41) is 2.24. The Morgan fingerprint density at radius 3 is 2.19 bits per heavy atom. The zero-order valence-corrected chi connectivity index (χ0v) is 9.01. The summed E-state index contributed by atoms with van der Waals surface area (Å²) in [4.78, 5) is 0. The minimum atomic E-state index is 0.529. The summed E-state index contributed by atoms with van der Waals surface area (Å²) in [5.41, 5.74) is 5.93. The molecule has 2 aromatic rings. The monoisotopic (exact) mass is 210 g/mol. The second kappa shape index (κ2) is 3.99. The molecule has 0 aromatic heterocycles. The second-order valence-corrected chi connectivity index (χ2v) is 4.06. The molecule has 1 saturated heterocycles. The molecule has 0 radical (unpaired) electrons. The molecule has 2 unspecified atom stereocenters. The van der Waals surface area contributed by atoms with Gasteiger partial charge < -0.3 is 5.43 Å². The van der Waals surface area contributed by atoms with Crippen molar-refractivity contribution in [3.63, 3.8) is 0 Å². The summed E-state index contributed by atoms with van der Waals surface area (Å²) < 4.78 is 0. The van der Waals surface area contributed by atoms with E-state index in [0.717, 1.165) is 12.2 Å². The summed E-state index contributed by atoms with van der Waals surface area (Å²) in [6.45, 7) is 1.08. The van der Waals surface area contributed by atoms with Gasteiger partial charge in [0.25, 0.3) is 0 Å². The van der Waals surface area contributed by atoms with Crippen LogP contribution in [0.4, 0.5) is 5.69 Å². The van der Waals surface area contributed by atoms with E-state index in [1.165, 1.54) is 5.56 Å². The van der Waals surface area contributed by atoms with Gasteiger partial charge in [0.15, 0.2) is 0 Å². The third kappa shape index (κ3) is 1.92. The largest absolute Gasteiger partial charge is 0.318 e. The molecule has 2 nitrogen and oxygen atoms in total. The van der Waals surface area contributed by atoms with Crippen LogP contribution < -0.4 is 5.43 Å². The van der Waals surface area contributed by atoms with Crippen LogP contribution in [0, 0.1) is 0 Å². The number of hydrazine groups is 1. The Balaban J connectivity index is 1.65. The van der Waals surface area contributed by atoms with Crippen molar-refractivity contribution in [3.05, 3.63) is 66.2 Å². The van der Waals surface area contributed by atoms with Crippen LogP contribution >= 0.6 is 0 Å². The Morgan fingerprint density at radius 2 is 1.50 bits per heavy atom. The van der Waals surface area contributed by atoms with E-state index in [2.05, 4.69) is 52.9 Å². The van der Waals surface area contributed by atoms with E-state index < -0.39 is 0 Å². The highest BCUT2D eigenvalue weighted by Crippen LogP contribution is 2.34. The average molecular weight is 210 g/mol. The van der Waals surface area contributed by atoms with Gasteiger partial charge in [-0.2, -0.15) is 0 Å². The first-order valence-electron chi connectivity index (χ1n) is 5.57. The fraction of sp³-hybridized carbons (Fsp3) is 0.143. The number of benzene rings is 2. The van der Waals surface area contributed by atoms with Crippen LogP contribution in [0.1, 0.15) is 11.6 Å². The summed E-state index contributed by atoms with van der Waals surface area (Å²) >= 11 is 0. The summed E-state index contributed by atoms with van der Waals surface area (Å²) in [5.74, 6) is 0. The maximum Gasteiger partial charge on any atom is 0.0687 e. The topological polar surface area (TPSA) is 15.0 Å². The van der Waals surface area contributed by atoms with Gasteiger partial charge in [0.2, 0.25) is 0 Å². The van der Waals surface area contributed by atoms with Crippen molar-refractivity contribution in [2.45, 2.75) is 6.04 Å². The minimum absolute atomic E-state index is 0.529. The van der Waals surface area contributed by atoms with E-state index >= 15 is 0 Å². The first kappa shape index (κ1) is 9.43. The van der Waals surface area contributed by atoms with Crippen molar-refractivity contribution < 1.29 is 0 Å². The number of nitrogens with zero attached hydrogens (tertiary/aromatic N) is 1. The Morgan fingerprint density at radius 1 is 0.875 bits per heavy atom. The maximum atomic E-state index is 3.40. The van der Waals surface area contributed by atoms with Gasteiger partial charge in [0.1, 0.15) is 0 Å². The van der Waals surface area contributed by atoms with Crippen molar-refractivity contribution in [1.82, 2.24) is 5.01 Å². The highest BCUT2D eigenvalue weighted by Gasteiger charge is 2.35. The number of hydrogen-bond acceptors (Lipinski definition) is 2. The molecule has 0 aliphatic carbocycles. The third-order valence-electron chi connectivity index (χ3n) is 2.84. The quantitative estimate of drug-likeness (QED) is 0.783. The fourth-order valence-electron chi connectivity index (χ4n) is 1.90. The molecule has 1 aliphatic rings. The number of para-hydroxylation sites is 1. The molecule has 0 saturated carbocycles. The molecule has 1 N–H and O–H groups in total. The summed E-state index contributed by atoms with van der Waals surface area (Å²) in [6.07, 6.45) is 0. The smallest absolute Gasteiger partial charge is 0.0687 e. The Hall–Kier alpha value is -1.80. The lowest BCUT2D eigenvalue weighted by Crippen LogP contribution is -2.07. The predicted octanol–water partition coefficient (Wildman–Crippen LogP) is 3.07. The zero-order valence-electron chi connectivity index (χ0n) is 9.01. The van der Waals surface area contributed by atoms with E-state index in [-0.39, 0.29) is 0 Å². The van der Waals surface area contributed by atoms with E-state index in [1.807, 2.05) is 18.2 Å². The number of hydrogen-bond donors (Lipinski definition) is 1. The van der Waals surface area contributed by atoms with Crippen LogP contribution in [0.2, 0.25) is 0 Å². The molecular formula is C14H14N2. The van der Waals surface area contributed by atoms with Crippen LogP contribution in [0.3, 0.4) is 0 Å². The standard InChI is InChI=1S/C14H14N2/c1-3-7-12(8-4-1)14-11-16(14)15-13-9-5-2-6-10-13/h1-10,14-15H,11H2. The Bertz CT molecular complexity index is 453. The lowest BCUT2D eigenvalue weighted by atomic mass is 10.2. The average Bonchev–Trinajstić information content (AvgIpc) is 3.11. The highest BCUT2D eigenvalue weighted by atomic mass is 15.6. The minimum Gasteiger partial charge on any atom is -0.318 e. The van der Waals surface area contributed by atoms with E-state index in [0.29, 0.717) is 6.04 Å². The number of anilines is 1. The molecule has 16 heavy (non-hydrogen) atoms. The lowest BCUT2D eigenvalue weighted by Gasteiger charge is -2.07. The van der Waals surface area contributed by atoms with Crippen LogP contribution in [0.15, 0.2) is 60.7 Å². The molecule has 0 spiro atoms. The van der Waals surface area contributed by atoms with Gasteiger partial charge in [-0.05, 0) is 17.7 Å². The van der Waals surface area contributed by atoms with Crippen LogP contribution in [-0.4, -0.2) is 11.6 Å². The fourth-order valence-corrected chi connectivity index (χ4v) is 1.90. The maximum absolute atomic E-state index is 3.40. The molecule has 3 rings (SSSR count). The van der Waals surface area contributed by atoms with Crippen molar-refractivity contribution >= 4 is 5.69 Å². The zero-order chi connectivity index (χ0) is 10.8. The van der Waals surface area contributed by atoms with Crippen molar-refractivity contribution in [2.24, 2.45) is 0 Å². The molecule has 2 heteroatoms. The number of nitrogens with one attached hydrogen (secondary N) is 1. The van der Waals surface area contributed by atoms with E-state index in [1.54, 1.807) is 0 Å². The third-order valence-corrected chi connectivity index (χ3v) is 2.84. The van der Waals surface area contributed by atoms with E-state index in [9.17, 15) is 0 Å². The van der Waals surface area contributed by atoms with Gasteiger partial charge in [-0.15, -0.1) is 0 Å². The van der Waals surface area contributed by atoms with Crippen molar-refractivity contribution in [2.75, 3.05) is 12.0 Å².